The highest BCUT2D eigenvalue weighted by Gasteiger charge is 2.37. The monoisotopic (exact) mass is 182 g/mol. The van der Waals surface area contributed by atoms with Gasteiger partial charge in [0.05, 0.1) is 6.61 Å². The summed E-state index contributed by atoms with van der Waals surface area (Å²) in [5, 5.41) is 9.01. The van der Waals surface area contributed by atoms with E-state index in [9.17, 15) is 0 Å². The SMILES string of the molecule is CC1(C)CCCC(C)(C)C1=CCO. The van der Waals surface area contributed by atoms with Gasteiger partial charge in [0.1, 0.15) is 0 Å². The van der Waals surface area contributed by atoms with Crippen molar-refractivity contribution in [2.45, 2.75) is 47.0 Å². The second kappa shape index (κ2) is 3.45. The highest BCUT2D eigenvalue weighted by molar-refractivity contribution is 5.22. The van der Waals surface area contributed by atoms with Gasteiger partial charge in [-0.2, -0.15) is 0 Å². The van der Waals surface area contributed by atoms with E-state index >= 15 is 0 Å². The lowest BCUT2D eigenvalue weighted by Gasteiger charge is -2.44. The molecule has 1 nitrogen and oxygen atoms in total. The Balaban J connectivity index is 2.98. The van der Waals surface area contributed by atoms with Crippen LogP contribution in [0.15, 0.2) is 11.6 Å². The molecule has 1 aliphatic rings. The van der Waals surface area contributed by atoms with Crippen molar-refractivity contribution in [2.24, 2.45) is 10.8 Å². The molecule has 1 N–H and O–H groups in total. The van der Waals surface area contributed by atoms with Crippen LogP contribution in [0.3, 0.4) is 0 Å². The van der Waals surface area contributed by atoms with Gasteiger partial charge in [0.15, 0.2) is 0 Å². The summed E-state index contributed by atoms with van der Waals surface area (Å²) in [5.41, 5.74) is 2.00. The lowest BCUT2D eigenvalue weighted by atomic mass is 9.61. The summed E-state index contributed by atoms with van der Waals surface area (Å²) in [7, 11) is 0. The zero-order valence-corrected chi connectivity index (χ0v) is 9.35. The van der Waals surface area contributed by atoms with Gasteiger partial charge in [-0.25, -0.2) is 0 Å². The first kappa shape index (κ1) is 10.8. The Morgan fingerprint density at radius 2 is 1.62 bits per heavy atom. The maximum atomic E-state index is 9.01. The van der Waals surface area contributed by atoms with E-state index in [1.807, 2.05) is 6.08 Å². The molecule has 1 aliphatic carbocycles. The average Bonchev–Trinajstić information content (AvgIpc) is 1.96. The number of aliphatic hydroxyl groups is 1. The molecular formula is C12H22O. The molecule has 0 aromatic carbocycles. The maximum absolute atomic E-state index is 9.01. The van der Waals surface area contributed by atoms with Crippen LogP contribution in [0.2, 0.25) is 0 Å². The second-order valence-electron chi connectivity index (χ2n) is 5.42. The molecule has 1 rings (SSSR count). The van der Waals surface area contributed by atoms with Gasteiger partial charge in [-0.3, -0.25) is 0 Å². The molecule has 0 aromatic rings. The second-order valence-corrected chi connectivity index (χ2v) is 5.42. The molecule has 0 aliphatic heterocycles. The number of rotatable bonds is 1. The first-order valence-corrected chi connectivity index (χ1v) is 5.22. The lowest BCUT2D eigenvalue weighted by molar-refractivity contribution is 0.210. The van der Waals surface area contributed by atoms with E-state index in [-0.39, 0.29) is 17.4 Å². The van der Waals surface area contributed by atoms with Gasteiger partial charge >= 0.3 is 0 Å². The van der Waals surface area contributed by atoms with E-state index in [1.165, 1.54) is 24.8 Å². The average molecular weight is 182 g/mol. The molecule has 1 heteroatoms. The van der Waals surface area contributed by atoms with E-state index in [0.29, 0.717) is 0 Å². The first-order chi connectivity index (χ1) is 5.90. The summed E-state index contributed by atoms with van der Waals surface area (Å²) in [6.45, 7) is 9.33. The van der Waals surface area contributed by atoms with Gasteiger partial charge in [0, 0.05) is 0 Å². The van der Waals surface area contributed by atoms with Crippen molar-refractivity contribution in [3.05, 3.63) is 11.6 Å². The summed E-state index contributed by atoms with van der Waals surface area (Å²) >= 11 is 0. The lowest BCUT2D eigenvalue weighted by Crippen LogP contribution is -2.32. The van der Waals surface area contributed by atoms with Gasteiger partial charge < -0.3 is 5.11 Å². The van der Waals surface area contributed by atoms with Gasteiger partial charge in [-0.05, 0) is 23.7 Å². The summed E-state index contributed by atoms with van der Waals surface area (Å²) in [4.78, 5) is 0. The Morgan fingerprint density at radius 1 is 1.15 bits per heavy atom. The summed E-state index contributed by atoms with van der Waals surface area (Å²) in [6, 6.07) is 0. The molecule has 0 amide bonds. The minimum Gasteiger partial charge on any atom is -0.392 e. The van der Waals surface area contributed by atoms with Gasteiger partial charge in [-0.1, -0.05) is 45.8 Å². The fourth-order valence-electron chi connectivity index (χ4n) is 2.80. The van der Waals surface area contributed by atoms with E-state index in [4.69, 9.17) is 5.11 Å². The van der Waals surface area contributed by atoms with Crippen molar-refractivity contribution in [1.82, 2.24) is 0 Å². The molecule has 13 heavy (non-hydrogen) atoms. The number of allylic oxidation sites excluding steroid dienone is 1. The predicted molar refractivity (Wildman–Crippen MR) is 56.6 cm³/mol. The molecule has 0 radical (unpaired) electrons. The molecule has 0 unspecified atom stereocenters. The zero-order valence-electron chi connectivity index (χ0n) is 9.35. The van der Waals surface area contributed by atoms with Crippen molar-refractivity contribution in [1.29, 1.82) is 0 Å². The normalized spacial score (nSPS) is 25.8. The summed E-state index contributed by atoms with van der Waals surface area (Å²) in [6.07, 6.45) is 5.83. The number of aliphatic hydroxyl groups excluding tert-OH is 1. The van der Waals surface area contributed by atoms with Gasteiger partial charge in [0.25, 0.3) is 0 Å². The topological polar surface area (TPSA) is 20.2 Å². The fourth-order valence-corrected chi connectivity index (χ4v) is 2.80. The Bertz CT molecular complexity index is 193. The molecule has 1 fully saturated rings. The van der Waals surface area contributed by atoms with E-state index in [2.05, 4.69) is 27.7 Å². The van der Waals surface area contributed by atoms with Crippen molar-refractivity contribution >= 4 is 0 Å². The Labute approximate surface area is 81.9 Å². The van der Waals surface area contributed by atoms with Crippen LogP contribution >= 0.6 is 0 Å². The minimum atomic E-state index is 0.183. The molecule has 0 saturated heterocycles. The Morgan fingerprint density at radius 3 is 2.00 bits per heavy atom. The highest BCUT2D eigenvalue weighted by atomic mass is 16.2. The quantitative estimate of drug-likeness (QED) is 0.618. The zero-order chi connectivity index (χ0) is 10.1. The van der Waals surface area contributed by atoms with Crippen LogP contribution < -0.4 is 0 Å². The molecule has 0 spiro atoms. The predicted octanol–water partition coefficient (Wildman–Crippen LogP) is 3.14. The molecule has 76 valence electrons. The van der Waals surface area contributed by atoms with E-state index in [0.717, 1.165) is 0 Å². The largest absolute Gasteiger partial charge is 0.392 e. The Hall–Kier alpha value is -0.300. The van der Waals surface area contributed by atoms with Crippen LogP contribution in [-0.2, 0) is 0 Å². The molecule has 0 heterocycles. The Kier molecular flexibility index (Phi) is 2.86. The van der Waals surface area contributed by atoms with Gasteiger partial charge in [0.2, 0.25) is 0 Å². The van der Waals surface area contributed by atoms with Crippen LogP contribution in [0.5, 0.6) is 0 Å². The number of hydrogen-bond acceptors (Lipinski definition) is 1. The van der Waals surface area contributed by atoms with Crippen LogP contribution in [0, 0.1) is 10.8 Å². The minimum absolute atomic E-state index is 0.183. The van der Waals surface area contributed by atoms with E-state index in [1.54, 1.807) is 0 Å². The van der Waals surface area contributed by atoms with Crippen LogP contribution in [0.25, 0.3) is 0 Å². The third kappa shape index (κ3) is 2.14. The third-order valence-electron chi connectivity index (χ3n) is 3.36. The third-order valence-corrected chi connectivity index (χ3v) is 3.36. The van der Waals surface area contributed by atoms with Crippen LogP contribution in [-0.4, -0.2) is 11.7 Å². The number of hydrogen-bond donors (Lipinski definition) is 1. The first-order valence-electron chi connectivity index (χ1n) is 5.22. The summed E-state index contributed by atoms with van der Waals surface area (Å²) < 4.78 is 0. The van der Waals surface area contributed by atoms with E-state index < -0.39 is 0 Å². The van der Waals surface area contributed by atoms with Crippen molar-refractivity contribution in [2.75, 3.05) is 6.61 Å². The molecular weight excluding hydrogens is 160 g/mol. The standard InChI is InChI=1S/C12H22O/c1-11(2)7-5-8-12(3,4)10(11)6-9-13/h6,13H,5,7-9H2,1-4H3. The van der Waals surface area contributed by atoms with Gasteiger partial charge in [-0.15, -0.1) is 0 Å². The molecule has 0 atom stereocenters. The van der Waals surface area contributed by atoms with Crippen molar-refractivity contribution in [3.63, 3.8) is 0 Å². The molecule has 0 aromatic heterocycles. The fraction of sp³-hybridized carbons (Fsp3) is 0.833. The van der Waals surface area contributed by atoms with Crippen molar-refractivity contribution < 1.29 is 5.11 Å². The smallest absolute Gasteiger partial charge is 0.0615 e. The van der Waals surface area contributed by atoms with Crippen molar-refractivity contribution in [3.8, 4) is 0 Å². The molecule has 0 bridgehead atoms. The maximum Gasteiger partial charge on any atom is 0.0615 e. The molecule has 1 saturated carbocycles. The van der Waals surface area contributed by atoms with Crippen LogP contribution in [0.4, 0.5) is 0 Å². The highest BCUT2D eigenvalue weighted by Crippen LogP contribution is 2.50. The summed E-state index contributed by atoms with van der Waals surface area (Å²) in [5.74, 6) is 0. The van der Waals surface area contributed by atoms with Crippen LogP contribution in [0.1, 0.15) is 47.0 Å².